The van der Waals surface area contributed by atoms with Gasteiger partial charge in [0.15, 0.2) is 0 Å². The minimum absolute atomic E-state index is 0.177. The summed E-state index contributed by atoms with van der Waals surface area (Å²) in [6.07, 6.45) is 3.11. The van der Waals surface area contributed by atoms with Crippen LogP contribution in [0.4, 0.5) is 5.82 Å². The number of hydrogen-bond donors (Lipinski definition) is 2. The topological polar surface area (TPSA) is 73.4 Å². The van der Waals surface area contributed by atoms with E-state index in [-0.39, 0.29) is 5.91 Å². The number of hydrogen-bond acceptors (Lipinski definition) is 6. The van der Waals surface area contributed by atoms with E-state index in [1.165, 1.54) is 6.20 Å². The molecule has 0 aromatic carbocycles. The van der Waals surface area contributed by atoms with E-state index >= 15 is 0 Å². The van der Waals surface area contributed by atoms with E-state index in [2.05, 4.69) is 44.5 Å². The van der Waals surface area contributed by atoms with Gasteiger partial charge >= 0.3 is 0 Å². The highest BCUT2D eigenvalue weighted by molar-refractivity contribution is 5.92. The third-order valence-electron chi connectivity index (χ3n) is 3.70. The molecule has 1 aromatic heterocycles. The molecule has 1 unspecified atom stereocenters. The summed E-state index contributed by atoms with van der Waals surface area (Å²) >= 11 is 0. The molecule has 7 nitrogen and oxygen atoms in total. The number of nitrogens with zero attached hydrogens (tertiary/aromatic N) is 4. The van der Waals surface area contributed by atoms with Crippen LogP contribution in [0.3, 0.4) is 0 Å². The monoisotopic (exact) mass is 292 g/mol. The van der Waals surface area contributed by atoms with Crippen molar-refractivity contribution in [3.63, 3.8) is 0 Å². The lowest BCUT2D eigenvalue weighted by atomic mass is 10.2. The summed E-state index contributed by atoms with van der Waals surface area (Å²) in [7, 11) is 4.20. The molecule has 0 radical (unpaired) electrons. The molecule has 21 heavy (non-hydrogen) atoms. The standard InChI is InChI=1S/C14H24N6O/c1-4-16-13-9-15-8-12(18-13)14(21)17-7-11-10-19(2)5-6-20(11)3/h8-9,11H,4-7,10H2,1-3H3,(H,16,18)(H,17,21). The Morgan fingerprint density at radius 1 is 1.38 bits per heavy atom. The first kappa shape index (κ1) is 15.7. The molecule has 1 atom stereocenters. The van der Waals surface area contributed by atoms with Crippen LogP contribution in [-0.2, 0) is 0 Å². The van der Waals surface area contributed by atoms with Crippen LogP contribution in [0, 0.1) is 0 Å². The van der Waals surface area contributed by atoms with Gasteiger partial charge < -0.3 is 15.5 Å². The number of amides is 1. The van der Waals surface area contributed by atoms with Gasteiger partial charge in [-0.2, -0.15) is 0 Å². The quantitative estimate of drug-likeness (QED) is 0.788. The SMILES string of the molecule is CCNc1cncc(C(=O)NCC2CN(C)CCN2C)n1. The zero-order chi connectivity index (χ0) is 15.2. The van der Waals surface area contributed by atoms with Gasteiger partial charge in [-0.05, 0) is 21.0 Å². The second-order valence-electron chi connectivity index (χ2n) is 5.43. The van der Waals surface area contributed by atoms with Gasteiger partial charge in [0.05, 0.1) is 12.4 Å². The molecule has 2 N–H and O–H groups in total. The van der Waals surface area contributed by atoms with Crippen LogP contribution in [0.2, 0.25) is 0 Å². The highest BCUT2D eigenvalue weighted by atomic mass is 16.1. The molecule has 1 amide bonds. The molecule has 0 aliphatic carbocycles. The van der Waals surface area contributed by atoms with Gasteiger partial charge in [0, 0.05) is 38.8 Å². The van der Waals surface area contributed by atoms with Crippen LogP contribution in [0.15, 0.2) is 12.4 Å². The number of rotatable bonds is 5. The molecular formula is C14H24N6O. The maximum Gasteiger partial charge on any atom is 0.271 e. The Hall–Kier alpha value is -1.73. The summed E-state index contributed by atoms with van der Waals surface area (Å²) in [4.78, 5) is 25.0. The Morgan fingerprint density at radius 2 is 2.19 bits per heavy atom. The zero-order valence-electron chi connectivity index (χ0n) is 13.0. The molecule has 1 aliphatic heterocycles. The number of likely N-dealkylation sites (N-methyl/N-ethyl adjacent to an activating group) is 2. The Kier molecular flexibility index (Phi) is 5.46. The van der Waals surface area contributed by atoms with E-state index in [0.29, 0.717) is 24.1 Å². The van der Waals surface area contributed by atoms with Gasteiger partial charge in [0.1, 0.15) is 11.5 Å². The predicted octanol–water partition coefficient (Wildman–Crippen LogP) is -0.116. The number of piperazine rings is 1. The van der Waals surface area contributed by atoms with E-state index in [0.717, 1.165) is 26.2 Å². The van der Waals surface area contributed by atoms with Gasteiger partial charge in [0.25, 0.3) is 5.91 Å². The first-order valence-electron chi connectivity index (χ1n) is 7.33. The Morgan fingerprint density at radius 3 is 2.95 bits per heavy atom. The van der Waals surface area contributed by atoms with Crippen LogP contribution < -0.4 is 10.6 Å². The van der Waals surface area contributed by atoms with Gasteiger partial charge in [-0.1, -0.05) is 0 Å². The first-order valence-corrected chi connectivity index (χ1v) is 7.33. The molecule has 0 spiro atoms. The van der Waals surface area contributed by atoms with Crippen molar-refractivity contribution >= 4 is 11.7 Å². The average molecular weight is 292 g/mol. The molecule has 116 valence electrons. The Bertz CT molecular complexity index is 480. The second-order valence-corrected chi connectivity index (χ2v) is 5.43. The predicted molar refractivity (Wildman–Crippen MR) is 82.4 cm³/mol. The van der Waals surface area contributed by atoms with Crippen LogP contribution in [0.5, 0.6) is 0 Å². The largest absolute Gasteiger partial charge is 0.369 e. The number of carbonyl (C=O) groups is 1. The lowest BCUT2D eigenvalue weighted by Crippen LogP contribution is -2.54. The lowest BCUT2D eigenvalue weighted by molar-refractivity contribution is 0.0876. The van der Waals surface area contributed by atoms with Crippen molar-refractivity contribution in [2.45, 2.75) is 13.0 Å². The summed E-state index contributed by atoms with van der Waals surface area (Å²) in [6.45, 7) is 6.39. The first-order chi connectivity index (χ1) is 10.1. The number of aromatic nitrogens is 2. The van der Waals surface area contributed by atoms with E-state index in [4.69, 9.17) is 0 Å². The zero-order valence-corrected chi connectivity index (χ0v) is 13.0. The van der Waals surface area contributed by atoms with Crippen molar-refractivity contribution in [1.82, 2.24) is 25.1 Å². The van der Waals surface area contributed by atoms with E-state index in [9.17, 15) is 4.79 Å². The van der Waals surface area contributed by atoms with E-state index in [1.807, 2.05) is 6.92 Å². The molecule has 1 aromatic rings. The molecule has 0 bridgehead atoms. The molecular weight excluding hydrogens is 268 g/mol. The van der Waals surface area contributed by atoms with Crippen molar-refractivity contribution in [3.05, 3.63) is 18.1 Å². The summed E-state index contributed by atoms with van der Waals surface area (Å²) < 4.78 is 0. The molecule has 2 rings (SSSR count). The minimum atomic E-state index is -0.177. The fourth-order valence-corrected chi connectivity index (χ4v) is 2.36. The summed E-state index contributed by atoms with van der Waals surface area (Å²) in [5.41, 5.74) is 0.347. The smallest absolute Gasteiger partial charge is 0.271 e. The van der Waals surface area contributed by atoms with E-state index in [1.54, 1.807) is 6.20 Å². The van der Waals surface area contributed by atoms with Crippen LogP contribution in [0.1, 0.15) is 17.4 Å². The van der Waals surface area contributed by atoms with Crippen molar-refractivity contribution in [3.8, 4) is 0 Å². The van der Waals surface area contributed by atoms with Crippen LogP contribution >= 0.6 is 0 Å². The average Bonchev–Trinajstić information content (AvgIpc) is 2.48. The molecule has 1 aliphatic rings. The fourth-order valence-electron chi connectivity index (χ4n) is 2.36. The highest BCUT2D eigenvalue weighted by Gasteiger charge is 2.22. The molecule has 0 saturated carbocycles. The van der Waals surface area contributed by atoms with E-state index < -0.39 is 0 Å². The lowest BCUT2D eigenvalue weighted by Gasteiger charge is -2.37. The molecule has 1 fully saturated rings. The van der Waals surface area contributed by atoms with Gasteiger partial charge in [-0.25, -0.2) is 4.98 Å². The maximum absolute atomic E-state index is 12.2. The second kappa shape index (κ2) is 7.33. The summed E-state index contributed by atoms with van der Waals surface area (Å²) in [5, 5.41) is 6.00. The summed E-state index contributed by atoms with van der Waals surface area (Å²) in [5.74, 6) is 0.448. The van der Waals surface area contributed by atoms with Gasteiger partial charge in [-0.15, -0.1) is 0 Å². The Labute approximate surface area is 125 Å². The van der Waals surface area contributed by atoms with Crippen molar-refractivity contribution in [2.75, 3.05) is 52.1 Å². The summed E-state index contributed by atoms with van der Waals surface area (Å²) in [6, 6.07) is 0.331. The molecule has 2 heterocycles. The van der Waals surface area contributed by atoms with Gasteiger partial charge in [0.2, 0.25) is 0 Å². The maximum atomic E-state index is 12.2. The normalized spacial score (nSPS) is 20.2. The third-order valence-corrected chi connectivity index (χ3v) is 3.70. The molecule has 1 saturated heterocycles. The highest BCUT2D eigenvalue weighted by Crippen LogP contribution is 2.06. The number of carbonyl (C=O) groups excluding carboxylic acids is 1. The number of anilines is 1. The van der Waals surface area contributed by atoms with Crippen molar-refractivity contribution in [1.29, 1.82) is 0 Å². The van der Waals surface area contributed by atoms with Gasteiger partial charge in [-0.3, -0.25) is 14.7 Å². The van der Waals surface area contributed by atoms with Crippen LogP contribution in [0.25, 0.3) is 0 Å². The van der Waals surface area contributed by atoms with Crippen molar-refractivity contribution in [2.24, 2.45) is 0 Å². The fraction of sp³-hybridized carbons (Fsp3) is 0.643. The van der Waals surface area contributed by atoms with Crippen LogP contribution in [-0.4, -0.2) is 78.5 Å². The number of nitrogens with one attached hydrogen (secondary N) is 2. The Balaban J connectivity index is 1.90. The third kappa shape index (κ3) is 4.37. The minimum Gasteiger partial charge on any atom is -0.369 e. The van der Waals surface area contributed by atoms with Crippen molar-refractivity contribution < 1.29 is 4.79 Å². The molecule has 7 heteroatoms.